The molecule has 0 unspecified atom stereocenters. The summed E-state index contributed by atoms with van der Waals surface area (Å²) >= 11 is 0. The predicted octanol–water partition coefficient (Wildman–Crippen LogP) is 0.692. The van der Waals surface area contributed by atoms with E-state index < -0.39 is 15.5 Å². The molecule has 0 fully saturated rings. The third kappa shape index (κ3) is 1.85. The van der Waals surface area contributed by atoms with Gasteiger partial charge >= 0.3 is 15.5 Å². The quantitative estimate of drug-likeness (QED) is 0.547. The van der Waals surface area contributed by atoms with E-state index in [0.29, 0.717) is 0 Å². The molecule has 0 rings (SSSR count). The Bertz CT molecular complexity index is 258. The second kappa shape index (κ2) is 2.43. The van der Waals surface area contributed by atoms with Gasteiger partial charge in [-0.1, -0.05) is 0 Å². The summed E-state index contributed by atoms with van der Waals surface area (Å²) in [7, 11) is -5.40. The zero-order chi connectivity index (χ0) is 8.41. The van der Waals surface area contributed by atoms with Crippen molar-refractivity contribution in [3.63, 3.8) is 0 Å². The molecular formula is C3H2F3NO2S. The van der Waals surface area contributed by atoms with Crippen LogP contribution in [-0.4, -0.2) is 19.8 Å². The Labute approximate surface area is 54.9 Å². The standard InChI is InChI=1S/C3H2F3NO2S/c1-2-7-10(8,9)3(4,5)6/h1H2. The van der Waals surface area contributed by atoms with Crippen molar-refractivity contribution in [2.45, 2.75) is 5.51 Å². The molecule has 0 N–H and O–H groups in total. The fraction of sp³-hybridized carbons (Fsp3) is 0.333. The average molecular weight is 173 g/mol. The first-order valence-electron chi connectivity index (χ1n) is 1.86. The molecule has 0 aliphatic rings. The van der Waals surface area contributed by atoms with E-state index in [2.05, 4.69) is 6.58 Å². The molecule has 58 valence electrons. The number of alkyl halides is 3. The van der Waals surface area contributed by atoms with Crippen LogP contribution in [0.25, 0.3) is 0 Å². The molecule has 0 aromatic carbocycles. The van der Waals surface area contributed by atoms with Crippen molar-refractivity contribution in [1.29, 1.82) is 0 Å². The lowest BCUT2D eigenvalue weighted by molar-refractivity contribution is -0.0434. The monoisotopic (exact) mass is 173 g/mol. The van der Waals surface area contributed by atoms with Gasteiger partial charge in [0.25, 0.3) is 0 Å². The molecule has 10 heavy (non-hydrogen) atoms. The van der Waals surface area contributed by atoms with Crippen LogP contribution in [0.4, 0.5) is 13.2 Å². The van der Waals surface area contributed by atoms with Gasteiger partial charge in [0.2, 0.25) is 0 Å². The molecule has 7 heteroatoms. The summed E-state index contributed by atoms with van der Waals surface area (Å²) in [6.45, 7) is 2.59. The molecule has 3 nitrogen and oxygen atoms in total. The lowest BCUT2D eigenvalue weighted by atomic mass is 11.2. The van der Waals surface area contributed by atoms with Crippen LogP contribution in [0.1, 0.15) is 0 Å². The molecular weight excluding hydrogens is 171 g/mol. The highest BCUT2D eigenvalue weighted by atomic mass is 32.2. The summed E-state index contributed by atoms with van der Waals surface area (Å²) in [5, 5.41) is 0. The number of halogens is 3. The number of nitrogens with zero attached hydrogens (tertiary/aromatic N) is 1. The molecule has 0 aliphatic carbocycles. The zero-order valence-corrected chi connectivity index (χ0v) is 5.33. The summed E-state index contributed by atoms with van der Waals surface area (Å²) in [5.74, 6) is 1.28. The first-order chi connectivity index (χ1) is 4.31. The van der Waals surface area contributed by atoms with E-state index in [1.807, 2.05) is 4.40 Å². The Morgan fingerprint density at radius 3 is 1.90 bits per heavy atom. The molecule has 0 amide bonds. The molecule has 0 saturated carbocycles. The Morgan fingerprint density at radius 1 is 1.40 bits per heavy atom. The van der Waals surface area contributed by atoms with Gasteiger partial charge in [-0.3, -0.25) is 0 Å². The fourth-order valence-electron chi connectivity index (χ4n) is 0.137. The lowest BCUT2D eigenvalue weighted by Crippen LogP contribution is -2.20. The van der Waals surface area contributed by atoms with Crippen LogP contribution in [-0.2, 0) is 10.0 Å². The van der Waals surface area contributed by atoms with Crippen LogP contribution >= 0.6 is 0 Å². The molecule has 0 aromatic heterocycles. The van der Waals surface area contributed by atoms with Gasteiger partial charge in [0.05, 0.1) is 0 Å². The van der Waals surface area contributed by atoms with E-state index >= 15 is 0 Å². The van der Waals surface area contributed by atoms with Gasteiger partial charge in [0.1, 0.15) is 0 Å². The van der Waals surface area contributed by atoms with Crippen LogP contribution in [0.2, 0.25) is 0 Å². The Kier molecular flexibility index (Phi) is 2.24. The van der Waals surface area contributed by atoms with E-state index in [1.54, 1.807) is 0 Å². The molecule has 0 saturated heterocycles. The van der Waals surface area contributed by atoms with Crippen LogP contribution in [0.5, 0.6) is 0 Å². The summed E-state index contributed by atoms with van der Waals surface area (Å²) in [6, 6.07) is 0. The van der Waals surface area contributed by atoms with Crippen molar-refractivity contribution in [3.05, 3.63) is 6.58 Å². The fourth-order valence-corrected chi connectivity index (χ4v) is 0.410. The largest absolute Gasteiger partial charge is 0.519 e. The second-order valence-corrected chi connectivity index (χ2v) is 2.77. The molecule has 0 spiro atoms. The molecule has 0 atom stereocenters. The summed E-state index contributed by atoms with van der Waals surface area (Å²) < 4.78 is 55.5. The number of sulfonamides is 1. The van der Waals surface area contributed by atoms with Crippen molar-refractivity contribution in [3.8, 4) is 0 Å². The molecule has 0 bridgehead atoms. The Balaban J connectivity index is 4.97. The van der Waals surface area contributed by atoms with Gasteiger partial charge in [-0.15, -0.1) is 4.40 Å². The van der Waals surface area contributed by atoms with Crippen molar-refractivity contribution in [2.24, 2.45) is 4.40 Å². The van der Waals surface area contributed by atoms with Crippen LogP contribution < -0.4 is 0 Å². The van der Waals surface area contributed by atoms with Gasteiger partial charge in [-0.2, -0.15) is 21.6 Å². The summed E-state index contributed by atoms with van der Waals surface area (Å²) in [5.41, 5.74) is -5.35. The van der Waals surface area contributed by atoms with Gasteiger partial charge in [0, 0.05) is 0 Å². The van der Waals surface area contributed by atoms with Crippen LogP contribution in [0.3, 0.4) is 0 Å². The van der Waals surface area contributed by atoms with Gasteiger partial charge in [-0.05, 0) is 12.4 Å². The highest BCUT2D eigenvalue weighted by Crippen LogP contribution is 2.23. The highest BCUT2D eigenvalue weighted by Gasteiger charge is 2.45. The van der Waals surface area contributed by atoms with E-state index in [-0.39, 0.29) is 0 Å². The van der Waals surface area contributed by atoms with Crippen molar-refractivity contribution >= 4 is 15.9 Å². The first kappa shape index (κ1) is 9.19. The van der Waals surface area contributed by atoms with Gasteiger partial charge in [-0.25, -0.2) is 0 Å². The summed E-state index contributed by atoms with van der Waals surface area (Å²) in [6.07, 6.45) is 0. The van der Waals surface area contributed by atoms with Crippen molar-refractivity contribution in [2.75, 3.05) is 0 Å². The first-order valence-corrected chi connectivity index (χ1v) is 3.30. The maximum absolute atomic E-state index is 11.3. The Morgan fingerprint density at radius 2 is 1.80 bits per heavy atom. The molecule has 0 radical (unpaired) electrons. The van der Waals surface area contributed by atoms with E-state index in [4.69, 9.17) is 0 Å². The normalized spacial score (nSPS) is 12.3. The predicted molar refractivity (Wildman–Crippen MR) is 28.0 cm³/mol. The third-order valence-electron chi connectivity index (χ3n) is 0.477. The number of hydrogen-bond acceptors (Lipinski definition) is 2. The maximum Gasteiger partial charge on any atom is 0.519 e. The third-order valence-corrected chi connectivity index (χ3v) is 1.43. The van der Waals surface area contributed by atoms with Crippen molar-refractivity contribution in [1.82, 2.24) is 0 Å². The minimum absolute atomic E-state index is 1.28. The SMILES string of the molecule is C=C=NS(=O)(=O)C(F)(F)F. The van der Waals surface area contributed by atoms with E-state index in [0.717, 1.165) is 0 Å². The average Bonchev–Trinajstić information content (AvgIpc) is 1.61. The molecule has 0 aliphatic heterocycles. The topological polar surface area (TPSA) is 46.5 Å². The number of rotatable bonds is 1. The van der Waals surface area contributed by atoms with Crippen molar-refractivity contribution < 1.29 is 21.6 Å². The van der Waals surface area contributed by atoms with E-state index in [9.17, 15) is 21.6 Å². The van der Waals surface area contributed by atoms with E-state index in [1.165, 1.54) is 5.87 Å². The Hall–Kier alpha value is -0.810. The van der Waals surface area contributed by atoms with Gasteiger partial charge in [0.15, 0.2) is 0 Å². The molecule has 0 heterocycles. The zero-order valence-electron chi connectivity index (χ0n) is 4.51. The smallest absolute Gasteiger partial charge is 0.194 e. The van der Waals surface area contributed by atoms with Crippen LogP contribution in [0, 0.1) is 0 Å². The van der Waals surface area contributed by atoms with Gasteiger partial charge < -0.3 is 0 Å². The number of hydrogen-bond donors (Lipinski definition) is 0. The second-order valence-electron chi connectivity index (χ2n) is 1.17. The lowest BCUT2D eigenvalue weighted by Gasteiger charge is -1.98. The van der Waals surface area contributed by atoms with Crippen LogP contribution in [0.15, 0.2) is 11.0 Å². The minimum Gasteiger partial charge on any atom is -0.194 e. The summed E-state index contributed by atoms with van der Waals surface area (Å²) in [4.78, 5) is 0. The maximum atomic E-state index is 11.3. The molecule has 0 aromatic rings. The minimum atomic E-state index is -5.40. The highest BCUT2D eigenvalue weighted by molar-refractivity contribution is 7.91.